The van der Waals surface area contributed by atoms with E-state index in [1.54, 1.807) is 0 Å². The number of nitrogens with two attached hydrogens (primary N) is 2. The van der Waals surface area contributed by atoms with Gasteiger partial charge in [-0.1, -0.05) is 116 Å². The number of benzene rings is 4. The second-order valence-electron chi connectivity index (χ2n) is 9.80. The molecule has 4 aromatic carbocycles. The van der Waals surface area contributed by atoms with Gasteiger partial charge in [-0.05, 0) is 53.8 Å². The topological polar surface area (TPSA) is 70.5 Å². The fraction of sp³-hybridized carbons (Fsp3) is 0.294. The number of ether oxygens (including phenoxy) is 2. The van der Waals surface area contributed by atoms with E-state index in [0.717, 1.165) is 28.6 Å². The van der Waals surface area contributed by atoms with Crippen molar-refractivity contribution in [1.29, 1.82) is 0 Å². The lowest BCUT2D eigenvalue weighted by Gasteiger charge is -2.15. The summed E-state index contributed by atoms with van der Waals surface area (Å²) >= 11 is 3.75. The Morgan fingerprint density at radius 2 is 1.02 bits per heavy atom. The first-order chi connectivity index (χ1) is 19.6. The summed E-state index contributed by atoms with van der Waals surface area (Å²) in [4.78, 5) is 0. The minimum Gasteiger partial charge on any atom is -0.457 e. The highest BCUT2D eigenvalue weighted by atomic mass is 32.2. The van der Waals surface area contributed by atoms with Gasteiger partial charge >= 0.3 is 0 Å². The predicted molar refractivity (Wildman–Crippen MR) is 192 cm³/mol. The van der Waals surface area contributed by atoms with Crippen LogP contribution >= 0.6 is 23.2 Å². The number of aryl methyl sites for hydroxylation is 1. The first kappa shape index (κ1) is 35.6. The molecular weight excluding hydrogens is 554 g/mol. The maximum Gasteiger partial charge on any atom is 0.274 e. The molecule has 42 heavy (non-hydrogen) atoms. The van der Waals surface area contributed by atoms with Crippen LogP contribution in [0.3, 0.4) is 0 Å². The van der Waals surface area contributed by atoms with Crippen LogP contribution < -0.4 is 32.6 Å². The Labute approximate surface area is 263 Å². The molecule has 4 N–H and O–H groups in total. The molecule has 0 bridgehead atoms. The molecule has 4 aromatic rings. The Morgan fingerprint density at radius 3 is 1.52 bits per heavy atom. The van der Waals surface area contributed by atoms with Crippen molar-refractivity contribution >= 4 is 51.6 Å². The SMILES string of the molecule is C.C.CB(SCCN)c1ccc(COCc2ccc(B(SCCN)c3ccc(Oc4ccc(C)cc4)cc3)cc2)cc1. The molecule has 0 saturated heterocycles. The molecule has 0 radical (unpaired) electrons. The highest BCUT2D eigenvalue weighted by molar-refractivity contribution is 8.28. The normalized spacial score (nSPS) is 10.4. The first-order valence-corrected chi connectivity index (χ1v) is 15.9. The molecule has 0 saturated carbocycles. The zero-order chi connectivity index (χ0) is 28.2. The van der Waals surface area contributed by atoms with Gasteiger partial charge in [0.15, 0.2) is 0 Å². The van der Waals surface area contributed by atoms with Gasteiger partial charge in [-0.25, -0.2) is 11.6 Å². The zero-order valence-electron chi connectivity index (χ0n) is 23.4. The molecule has 0 fully saturated rings. The van der Waals surface area contributed by atoms with Crippen molar-refractivity contribution in [2.45, 2.75) is 41.8 Å². The van der Waals surface area contributed by atoms with Crippen molar-refractivity contribution < 1.29 is 9.47 Å². The second kappa shape index (κ2) is 18.8. The Kier molecular flexibility index (Phi) is 16.0. The molecule has 0 atom stereocenters. The van der Waals surface area contributed by atoms with Crippen molar-refractivity contribution in [1.82, 2.24) is 0 Å². The monoisotopic (exact) mass is 600 g/mol. The predicted octanol–water partition coefficient (Wildman–Crippen LogP) is 6.09. The fourth-order valence-electron chi connectivity index (χ4n) is 4.33. The van der Waals surface area contributed by atoms with Crippen molar-refractivity contribution in [3.63, 3.8) is 0 Å². The Morgan fingerprint density at radius 1 is 0.595 bits per heavy atom. The Bertz CT molecular complexity index is 1290. The molecule has 0 aliphatic rings. The highest BCUT2D eigenvalue weighted by Crippen LogP contribution is 2.21. The lowest BCUT2D eigenvalue weighted by molar-refractivity contribution is 0.107. The van der Waals surface area contributed by atoms with E-state index in [9.17, 15) is 0 Å². The minimum absolute atomic E-state index is 0. The number of rotatable bonds is 15. The number of hydrogen-bond donors (Lipinski definition) is 2. The summed E-state index contributed by atoms with van der Waals surface area (Å²) in [5.74, 6) is 4.20. The van der Waals surface area contributed by atoms with Crippen LogP contribution in [0.25, 0.3) is 0 Å². The van der Waals surface area contributed by atoms with Gasteiger partial charge in [0.05, 0.1) is 13.2 Å². The van der Waals surface area contributed by atoms with Crippen molar-refractivity contribution in [3.05, 3.63) is 114 Å². The lowest BCUT2D eigenvalue weighted by atomic mass is 9.62. The summed E-state index contributed by atoms with van der Waals surface area (Å²) in [7, 11) is 0. The van der Waals surface area contributed by atoms with Gasteiger partial charge in [0.2, 0.25) is 5.99 Å². The lowest BCUT2D eigenvalue weighted by Crippen LogP contribution is -2.40. The van der Waals surface area contributed by atoms with Crippen LogP contribution in [0, 0.1) is 6.92 Å². The van der Waals surface area contributed by atoms with E-state index in [1.165, 1.54) is 27.5 Å². The molecule has 8 heteroatoms. The minimum atomic E-state index is 0. The Balaban J connectivity index is 0.00000308. The van der Waals surface area contributed by atoms with E-state index in [-0.39, 0.29) is 20.8 Å². The third-order valence-electron chi connectivity index (χ3n) is 6.60. The van der Waals surface area contributed by atoms with Gasteiger partial charge in [-0.2, -0.15) is 11.6 Å². The van der Waals surface area contributed by atoms with Crippen LogP contribution in [0.5, 0.6) is 11.5 Å². The molecule has 4 rings (SSSR count). The van der Waals surface area contributed by atoms with Gasteiger partial charge < -0.3 is 20.9 Å². The van der Waals surface area contributed by atoms with Crippen LogP contribution in [0.4, 0.5) is 0 Å². The molecule has 222 valence electrons. The van der Waals surface area contributed by atoms with E-state index in [0.29, 0.717) is 32.3 Å². The third-order valence-corrected chi connectivity index (χ3v) is 9.19. The summed E-state index contributed by atoms with van der Waals surface area (Å²) in [5, 5.41) is 0. The highest BCUT2D eigenvalue weighted by Gasteiger charge is 2.20. The third kappa shape index (κ3) is 10.9. The smallest absolute Gasteiger partial charge is 0.274 e. The molecule has 0 aliphatic carbocycles. The van der Waals surface area contributed by atoms with E-state index >= 15 is 0 Å². The number of hydrogen-bond acceptors (Lipinski definition) is 6. The average molecular weight is 601 g/mol. The Hall–Kier alpha value is -2.61. The van der Waals surface area contributed by atoms with Crippen molar-refractivity contribution in [2.75, 3.05) is 24.6 Å². The van der Waals surface area contributed by atoms with Crippen molar-refractivity contribution in [2.24, 2.45) is 11.5 Å². The van der Waals surface area contributed by atoms with E-state index < -0.39 is 0 Å². The van der Waals surface area contributed by atoms with Crippen LogP contribution in [-0.2, 0) is 18.0 Å². The summed E-state index contributed by atoms with van der Waals surface area (Å²) in [6.07, 6.45) is 0. The van der Waals surface area contributed by atoms with Gasteiger partial charge in [-0.3, -0.25) is 0 Å². The van der Waals surface area contributed by atoms with Crippen LogP contribution in [-0.4, -0.2) is 36.6 Å². The van der Waals surface area contributed by atoms with Gasteiger partial charge in [0.25, 0.3) is 5.99 Å². The van der Waals surface area contributed by atoms with Crippen LogP contribution in [0.15, 0.2) is 97.1 Å². The van der Waals surface area contributed by atoms with E-state index in [2.05, 4.69) is 86.5 Å². The molecule has 0 amide bonds. The summed E-state index contributed by atoms with van der Waals surface area (Å²) in [6, 6.07) is 33.9. The van der Waals surface area contributed by atoms with Gasteiger partial charge in [0.1, 0.15) is 11.5 Å². The average Bonchev–Trinajstić information content (AvgIpc) is 2.99. The maximum absolute atomic E-state index is 6.03. The second-order valence-corrected chi connectivity index (χ2v) is 12.5. The molecule has 0 aliphatic heterocycles. The maximum atomic E-state index is 6.03. The molecule has 0 spiro atoms. The largest absolute Gasteiger partial charge is 0.457 e. The zero-order valence-corrected chi connectivity index (χ0v) is 25.1. The summed E-state index contributed by atoms with van der Waals surface area (Å²) in [6.45, 7) is 6.84. The van der Waals surface area contributed by atoms with Crippen molar-refractivity contribution in [3.8, 4) is 11.5 Å². The first-order valence-electron chi connectivity index (χ1n) is 13.8. The molecule has 4 nitrogen and oxygen atoms in total. The van der Waals surface area contributed by atoms with E-state index in [4.69, 9.17) is 20.9 Å². The molecule has 0 aromatic heterocycles. The molecular formula is C34H46B2N2O2S2. The molecule has 0 heterocycles. The summed E-state index contributed by atoms with van der Waals surface area (Å²) in [5.41, 5.74) is 18.9. The fourth-order valence-corrected chi connectivity index (χ4v) is 6.24. The summed E-state index contributed by atoms with van der Waals surface area (Å²) < 4.78 is 12.1. The standard InChI is InChI=1S/C32H38B2N2O2S2.2CH4/c1-25-3-15-31(16-4-25)38-32-17-13-30(14-18-32)34(40-22-20-36)29-11-7-27(8-12-29)24-37-23-26-5-9-28(10-6-26)33(2)39-21-19-35;;/h3-18H,19-24,35-36H2,1-2H3;2*1H4. The van der Waals surface area contributed by atoms with Gasteiger partial charge in [0, 0.05) is 13.1 Å². The quantitative estimate of drug-likeness (QED) is 0.161. The van der Waals surface area contributed by atoms with Crippen LogP contribution in [0.2, 0.25) is 6.82 Å². The van der Waals surface area contributed by atoms with Gasteiger partial charge in [-0.15, -0.1) is 0 Å². The molecule has 0 unspecified atom stereocenters. The van der Waals surface area contributed by atoms with E-state index in [1.807, 2.05) is 47.5 Å². The van der Waals surface area contributed by atoms with Crippen LogP contribution in [0.1, 0.15) is 31.5 Å².